The number of rotatable bonds is 6. The Hall–Kier alpha value is -2.56. The molecule has 9 nitrogen and oxygen atoms in total. The monoisotopic (exact) mass is 462 g/mol. The van der Waals surface area contributed by atoms with Crippen molar-refractivity contribution in [2.24, 2.45) is 5.92 Å². The highest BCUT2D eigenvalue weighted by Crippen LogP contribution is 2.36. The molecule has 32 heavy (non-hydrogen) atoms. The van der Waals surface area contributed by atoms with Gasteiger partial charge in [-0.2, -0.15) is 4.31 Å². The summed E-state index contributed by atoms with van der Waals surface area (Å²) in [4.78, 5) is 21.9. The van der Waals surface area contributed by atoms with E-state index >= 15 is 0 Å². The van der Waals surface area contributed by atoms with Gasteiger partial charge in [-0.25, -0.2) is 18.4 Å². The van der Waals surface area contributed by atoms with Crippen LogP contribution in [0.5, 0.6) is 5.75 Å². The van der Waals surface area contributed by atoms with Crippen molar-refractivity contribution in [2.45, 2.75) is 44.2 Å². The van der Waals surface area contributed by atoms with Gasteiger partial charge in [0.15, 0.2) is 0 Å². The summed E-state index contributed by atoms with van der Waals surface area (Å²) in [7, 11) is -2.21. The first-order valence-electron chi connectivity index (χ1n) is 10.6. The molecular weight excluding hydrogens is 432 g/mol. The number of amides is 1. The van der Waals surface area contributed by atoms with Crippen LogP contribution in [0.4, 0.5) is 0 Å². The van der Waals surface area contributed by atoms with Crippen LogP contribution in [0.1, 0.15) is 27.2 Å². The third-order valence-electron chi connectivity index (χ3n) is 5.74. The van der Waals surface area contributed by atoms with Crippen molar-refractivity contribution in [2.75, 3.05) is 26.7 Å². The minimum Gasteiger partial charge on any atom is -0.487 e. The number of aliphatic hydroxyl groups excluding tert-OH is 1. The standard InChI is InChI=1S/C22H30N4O5S/c1-5-22(28)25(4)12-20-15(2)11-26(16(3)13-27)32(29,30)21-7-6-17(8-19(21)31-20)18-9-23-14-24-10-18/h6-10,14-16,20,27H,5,11-13H2,1-4H3/t15-,16-,20-/m1/s1. The Labute approximate surface area is 189 Å². The van der Waals surface area contributed by atoms with Gasteiger partial charge < -0.3 is 14.7 Å². The Morgan fingerprint density at radius 3 is 2.62 bits per heavy atom. The lowest BCUT2D eigenvalue weighted by atomic mass is 10.0. The first-order chi connectivity index (χ1) is 15.2. The molecule has 0 bridgehead atoms. The quantitative estimate of drug-likeness (QED) is 0.696. The lowest BCUT2D eigenvalue weighted by molar-refractivity contribution is -0.131. The fourth-order valence-electron chi connectivity index (χ4n) is 3.71. The van der Waals surface area contributed by atoms with E-state index in [0.29, 0.717) is 18.5 Å². The van der Waals surface area contributed by atoms with Crippen LogP contribution in [0.3, 0.4) is 0 Å². The number of nitrogens with zero attached hydrogens (tertiary/aromatic N) is 4. The number of fused-ring (bicyclic) bond motifs is 1. The van der Waals surface area contributed by atoms with E-state index < -0.39 is 22.2 Å². The summed E-state index contributed by atoms with van der Waals surface area (Å²) in [6.45, 7) is 5.53. The molecule has 2 aromatic rings. The van der Waals surface area contributed by atoms with Crippen molar-refractivity contribution in [3.8, 4) is 16.9 Å². The Morgan fingerprint density at radius 1 is 1.31 bits per heavy atom. The highest BCUT2D eigenvalue weighted by molar-refractivity contribution is 7.89. The molecule has 1 aromatic carbocycles. The fraction of sp³-hybridized carbons (Fsp3) is 0.500. The molecule has 1 amide bonds. The van der Waals surface area contributed by atoms with Crippen molar-refractivity contribution in [1.82, 2.24) is 19.2 Å². The van der Waals surface area contributed by atoms with Gasteiger partial charge in [-0.15, -0.1) is 0 Å². The number of sulfonamides is 1. The number of ether oxygens (including phenoxy) is 1. The molecule has 0 saturated heterocycles. The summed E-state index contributed by atoms with van der Waals surface area (Å²) < 4.78 is 34.6. The van der Waals surface area contributed by atoms with Crippen molar-refractivity contribution in [3.63, 3.8) is 0 Å². The Bertz CT molecular complexity index is 1050. The average molecular weight is 463 g/mol. The van der Waals surface area contributed by atoms with E-state index in [0.717, 1.165) is 5.56 Å². The van der Waals surface area contributed by atoms with Crippen LogP contribution in [0, 0.1) is 5.92 Å². The normalized spacial score (nSPS) is 21.5. The number of carbonyl (C=O) groups is 1. The first kappa shape index (κ1) is 24.1. The SMILES string of the molecule is CCC(=O)N(C)C[C@H]1Oc2cc(-c3cncnc3)ccc2S(=O)(=O)N([C@H](C)CO)C[C@H]1C. The van der Waals surface area contributed by atoms with E-state index in [1.807, 2.05) is 6.92 Å². The summed E-state index contributed by atoms with van der Waals surface area (Å²) in [6.07, 6.45) is 4.62. The maximum Gasteiger partial charge on any atom is 0.247 e. The van der Waals surface area contributed by atoms with E-state index in [2.05, 4.69) is 9.97 Å². The summed E-state index contributed by atoms with van der Waals surface area (Å²) in [6, 6.07) is 4.26. The van der Waals surface area contributed by atoms with Crippen LogP contribution in [-0.4, -0.2) is 77.5 Å². The van der Waals surface area contributed by atoms with Gasteiger partial charge in [0.1, 0.15) is 23.1 Å². The van der Waals surface area contributed by atoms with Crippen LogP contribution in [0.15, 0.2) is 41.8 Å². The van der Waals surface area contributed by atoms with E-state index in [1.165, 1.54) is 16.7 Å². The smallest absolute Gasteiger partial charge is 0.247 e. The number of aliphatic hydroxyl groups is 1. The van der Waals surface area contributed by atoms with Crippen molar-refractivity contribution in [1.29, 1.82) is 0 Å². The zero-order valence-electron chi connectivity index (χ0n) is 18.8. The molecule has 0 aliphatic carbocycles. The molecule has 174 valence electrons. The number of benzene rings is 1. The van der Waals surface area contributed by atoms with Crippen molar-refractivity contribution in [3.05, 3.63) is 36.9 Å². The Kier molecular flexibility index (Phi) is 7.47. The van der Waals surface area contributed by atoms with Crippen LogP contribution in [-0.2, 0) is 14.8 Å². The van der Waals surface area contributed by atoms with Crippen LogP contribution in [0.2, 0.25) is 0 Å². The predicted molar refractivity (Wildman–Crippen MR) is 119 cm³/mol. The third kappa shape index (κ3) is 4.92. The molecule has 1 aliphatic heterocycles. The second kappa shape index (κ2) is 9.93. The largest absolute Gasteiger partial charge is 0.487 e. The molecule has 0 radical (unpaired) electrons. The maximum absolute atomic E-state index is 13.5. The van der Waals surface area contributed by atoms with Crippen LogP contribution in [0.25, 0.3) is 11.1 Å². The number of hydrogen-bond acceptors (Lipinski definition) is 7. The minimum atomic E-state index is -3.92. The molecular formula is C22H30N4O5S. The number of hydrogen-bond donors (Lipinski definition) is 1. The van der Waals surface area contributed by atoms with E-state index in [-0.39, 0.29) is 35.6 Å². The average Bonchev–Trinajstić information content (AvgIpc) is 2.80. The number of likely N-dealkylation sites (N-methyl/N-ethyl adjacent to an activating group) is 1. The second-order valence-corrected chi connectivity index (χ2v) is 10.0. The fourth-order valence-corrected chi connectivity index (χ4v) is 5.54. The van der Waals surface area contributed by atoms with Gasteiger partial charge in [0.05, 0.1) is 13.2 Å². The zero-order valence-corrected chi connectivity index (χ0v) is 19.6. The molecule has 0 spiro atoms. The topological polar surface area (TPSA) is 113 Å². The summed E-state index contributed by atoms with van der Waals surface area (Å²) in [5.74, 6) is -0.0513. The van der Waals surface area contributed by atoms with Gasteiger partial charge in [-0.3, -0.25) is 4.79 Å². The highest BCUT2D eigenvalue weighted by atomic mass is 32.2. The van der Waals surface area contributed by atoms with Gasteiger partial charge in [-0.1, -0.05) is 19.9 Å². The van der Waals surface area contributed by atoms with Gasteiger partial charge in [-0.05, 0) is 24.6 Å². The van der Waals surface area contributed by atoms with Crippen LogP contribution >= 0.6 is 0 Å². The number of aromatic nitrogens is 2. The van der Waals surface area contributed by atoms with Gasteiger partial charge in [0.25, 0.3) is 0 Å². The Morgan fingerprint density at radius 2 is 2.00 bits per heavy atom. The lowest BCUT2D eigenvalue weighted by Gasteiger charge is -2.37. The molecule has 2 heterocycles. The molecule has 0 saturated carbocycles. The Balaban J connectivity index is 2.11. The van der Waals surface area contributed by atoms with E-state index in [1.54, 1.807) is 50.3 Å². The molecule has 0 fully saturated rings. The summed E-state index contributed by atoms with van der Waals surface area (Å²) in [5, 5.41) is 9.72. The zero-order chi connectivity index (χ0) is 23.5. The van der Waals surface area contributed by atoms with Gasteiger partial charge in [0, 0.05) is 49.9 Å². The van der Waals surface area contributed by atoms with Gasteiger partial charge in [0.2, 0.25) is 15.9 Å². The molecule has 1 aromatic heterocycles. The summed E-state index contributed by atoms with van der Waals surface area (Å²) >= 11 is 0. The molecule has 1 aliphatic rings. The van der Waals surface area contributed by atoms with Crippen LogP contribution < -0.4 is 4.74 Å². The summed E-state index contributed by atoms with van der Waals surface area (Å²) in [5.41, 5.74) is 1.44. The lowest BCUT2D eigenvalue weighted by Crippen LogP contribution is -2.50. The highest BCUT2D eigenvalue weighted by Gasteiger charge is 2.38. The third-order valence-corrected chi connectivity index (χ3v) is 7.76. The molecule has 10 heteroatoms. The first-order valence-corrected chi connectivity index (χ1v) is 12.1. The molecule has 3 rings (SSSR count). The van der Waals surface area contributed by atoms with E-state index in [4.69, 9.17) is 4.74 Å². The van der Waals surface area contributed by atoms with Crippen molar-refractivity contribution >= 4 is 15.9 Å². The molecule has 3 atom stereocenters. The molecule has 0 unspecified atom stereocenters. The number of carbonyl (C=O) groups excluding carboxylic acids is 1. The maximum atomic E-state index is 13.5. The van der Waals surface area contributed by atoms with E-state index in [9.17, 15) is 18.3 Å². The predicted octanol–water partition coefficient (Wildman–Crippen LogP) is 1.78. The molecule has 1 N–H and O–H groups in total. The second-order valence-electron chi connectivity index (χ2n) is 8.16. The van der Waals surface area contributed by atoms with Crippen molar-refractivity contribution < 1.29 is 23.1 Å². The van der Waals surface area contributed by atoms with Gasteiger partial charge >= 0.3 is 0 Å². The minimum absolute atomic E-state index is 0.0218.